The number of rotatable bonds is 5. The van der Waals surface area contributed by atoms with Crippen molar-refractivity contribution >= 4 is 23.5 Å². The van der Waals surface area contributed by atoms with Crippen LogP contribution in [0.2, 0.25) is 0 Å². The minimum Gasteiger partial charge on any atom is -0.161 e. The van der Waals surface area contributed by atoms with E-state index < -0.39 is 0 Å². The van der Waals surface area contributed by atoms with Gasteiger partial charge in [-0.3, -0.25) is 0 Å². The first-order valence-electron chi connectivity index (χ1n) is 5.93. The van der Waals surface area contributed by atoms with Gasteiger partial charge in [0, 0.05) is 5.75 Å². The Kier molecular flexibility index (Phi) is 5.21. The molecule has 2 aromatic rings. The number of thioether (sulfide) groups is 2. The molecule has 0 aliphatic carbocycles. The van der Waals surface area contributed by atoms with Crippen LogP contribution in [0.3, 0.4) is 0 Å². The molecule has 93 valence electrons. The summed E-state index contributed by atoms with van der Waals surface area (Å²) in [5, 5.41) is 0.408. The Morgan fingerprint density at radius 3 is 2.50 bits per heavy atom. The molecular weight excluding hydrogens is 256 g/mol. The molecule has 2 rings (SSSR count). The van der Waals surface area contributed by atoms with E-state index in [1.165, 1.54) is 16.7 Å². The van der Waals surface area contributed by atoms with E-state index in [1.807, 2.05) is 29.6 Å². The lowest BCUT2D eigenvalue weighted by Crippen LogP contribution is -2.00. The van der Waals surface area contributed by atoms with E-state index >= 15 is 0 Å². The Bertz CT molecular complexity index is 479. The van der Waals surface area contributed by atoms with Crippen molar-refractivity contribution in [1.29, 1.82) is 0 Å². The first-order chi connectivity index (χ1) is 8.86. The monoisotopic (exact) mass is 273 g/mol. The van der Waals surface area contributed by atoms with E-state index in [0.29, 0.717) is 5.25 Å². The number of hydrogen-bond acceptors (Lipinski definition) is 2. The molecule has 0 saturated heterocycles. The molecule has 18 heavy (non-hydrogen) atoms. The van der Waals surface area contributed by atoms with Crippen molar-refractivity contribution in [2.45, 2.75) is 11.0 Å². The van der Waals surface area contributed by atoms with E-state index in [0.717, 1.165) is 5.75 Å². The molecule has 0 fully saturated rings. The summed E-state index contributed by atoms with van der Waals surface area (Å²) in [5.41, 5.74) is 4.09. The fraction of sp³-hybridized carbons (Fsp3) is 0.250. The molecule has 2 heteroatoms. The van der Waals surface area contributed by atoms with Crippen molar-refractivity contribution < 1.29 is 0 Å². The van der Waals surface area contributed by atoms with Crippen LogP contribution >= 0.6 is 23.5 Å². The predicted molar refractivity (Wildman–Crippen MR) is 84.3 cm³/mol. The quantitative estimate of drug-likeness (QED) is 0.767. The fourth-order valence-corrected chi connectivity index (χ4v) is 3.51. The van der Waals surface area contributed by atoms with Gasteiger partial charge >= 0.3 is 0 Å². The van der Waals surface area contributed by atoms with Crippen LogP contribution in [-0.4, -0.2) is 12.5 Å². The van der Waals surface area contributed by atoms with Gasteiger partial charge in [0.25, 0.3) is 0 Å². The molecule has 2 aromatic carbocycles. The van der Waals surface area contributed by atoms with Crippen molar-refractivity contribution in [3.05, 3.63) is 71.3 Å². The minimum absolute atomic E-state index is 0.408. The smallest absolute Gasteiger partial charge is 0.0547 e. The summed E-state index contributed by atoms with van der Waals surface area (Å²) in [7, 11) is 0. The van der Waals surface area contributed by atoms with Crippen LogP contribution in [0.5, 0.6) is 0 Å². The summed E-state index contributed by atoms with van der Waals surface area (Å²) in [6.07, 6.45) is 4.31. The van der Waals surface area contributed by atoms with Crippen molar-refractivity contribution in [2.24, 2.45) is 0 Å². The maximum absolute atomic E-state index is 3.39. The largest absolute Gasteiger partial charge is 0.161 e. The summed E-state index contributed by atoms with van der Waals surface area (Å²) >= 11 is 3.74. The van der Waals surface area contributed by atoms with Crippen LogP contribution in [0.4, 0.5) is 0 Å². The normalized spacial score (nSPS) is 12.3. The second-order valence-electron chi connectivity index (χ2n) is 4.06. The Hall–Kier alpha value is -0.860. The maximum Gasteiger partial charge on any atom is 0.0547 e. The lowest BCUT2D eigenvalue weighted by atomic mass is 10.00. The molecule has 0 nitrogen and oxygen atoms in total. The average Bonchev–Trinajstić information content (AvgIpc) is 2.43. The SMILES string of the molecule is CSCc1[c]cccc1C(SC)c1ccccc1. The van der Waals surface area contributed by atoms with Gasteiger partial charge < -0.3 is 0 Å². The van der Waals surface area contributed by atoms with E-state index in [2.05, 4.69) is 61.0 Å². The minimum atomic E-state index is 0.408. The summed E-state index contributed by atoms with van der Waals surface area (Å²) in [4.78, 5) is 0. The summed E-state index contributed by atoms with van der Waals surface area (Å²) in [6, 6.07) is 20.4. The lowest BCUT2D eigenvalue weighted by Gasteiger charge is -2.18. The van der Waals surface area contributed by atoms with Gasteiger partial charge in [0.2, 0.25) is 0 Å². The van der Waals surface area contributed by atoms with Gasteiger partial charge in [0.15, 0.2) is 0 Å². The Balaban J connectivity index is 2.39. The van der Waals surface area contributed by atoms with Gasteiger partial charge in [-0.05, 0) is 35.3 Å². The number of benzene rings is 2. The highest BCUT2D eigenvalue weighted by Gasteiger charge is 2.15. The zero-order valence-corrected chi connectivity index (χ0v) is 12.4. The molecule has 1 unspecified atom stereocenters. The highest BCUT2D eigenvalue weighted by molar-refractivity contribution is 7.99. The van der Waals surface area contributed by atoms with Crippen LogP contribution in [0.15, 0.2) is 48.5 Å². The second-order valence-corrected chi connectivity index (χ2v) is 5.87. The van der Waals surface area contributed by atoms with Crippen LogP contribution in [-0.2, 0) is 5.75 Å². The number of hydrogen-bond donors (Lipinski definition) is 0. The molecule has 0 aromatic heterocycles. The summed E-state index contributed by atoms with van der Waals surface area (Å²) in [5.74, 6) is 1.03. The second kappa shape index (κ2) is 6.91. The fourth-order valence-electron chi connectivity index (χ4n) is 2.07. The molecule has 0 heterocycles. The van der Waals surface area contributed by atoms with Crippen molar-refractivity contribution in [3.8, 4) is 0 Å². The molecular formula is C16H17S2. The van der Waals surface area contributed by atoms with E-state index in [9.17, 15) is 0 Å². The molecule has 1 radical (unpaired) electrons. The third-order valence-corrected chi connectivity index (χ3v) is 4.46. The maximum atomic E-state index is 3.39. The Morgan fingerprint density at radius 2 is 1.83 bits per heavy atom. The van der Waals surface area contributed by atoms with Crippen LogP contribution in [0.25, 0.3) is 0 Å². The molecule has 0 amide bonds. The van der Waals surface area contributed by atoms with Gasteiger partial charge in [-0.15, -0.1) is 0 Å². The molecule has 0 N–H and O–H groups in total. The molecule has 0 aliphatic heterocycles. The third-order valence-electron chi connectivity index (χ3n) is 2.89. The third kappa shape index (κ3) is 3.12. The topological polar surface area (TPSA) is 0 Å². The van der Waals surface area contributed by atoms with E-state index in [1.54, 1.807) is 0 Å². The molecule has 0 bridgehead atoms. The van der Waals surface area contributed by atoms with E-state index in [-0.39, 0.29) is 0 Å². The van der Waals surface area contributed by atoms with E-state index in [4.69, 9.17) is 0 Å². The zero-order valence-electron chi connectivity index (χ0n) is 10.7. The summed E-state index contributed by atoms with van der Waals surface area (Å²) in [6.45, 7) is 0. The van der Waals surface area contributed by atoms with Crippen molar-refractivity contribution in [3.63, 3.8) is 0 Å². The van der Waals surface area contributed by atoms with Crippen LogP contribution in [0.1, 0.15) is 21.9 Å². The molecule has 0 spiro atoms. The highest BCUT2D eigenvalue weighted by atomic mass is 32.2. The van der Waals surface area contributed by atoms with Gasteiger partial charge in [-0.2, -0.15) is 23.5 Å². The molecule has 0 saturated carbocycles. The van der Waals surface area contributed by atoms with Crippen LogP contribution < -0.4 is 0 Å². The van der Waals surface area contributed by atoms with Crippen LogP contribution in [0, 0.1) is 6.07 Å². The highest BCUT2D eigenvalue weighted by Crippen LogP contribution is 2.36. The zero-order chi connectivity index (χ0) is 12.8. The van der Waals surface area contributed by atoms with Gasteiger partial charge in [-0.1, -0.05) is 48.5 Å². The Morgan fingerprint density at radius 1 is 1.06 bits per heavy atom. The predicted octanol–water partition coefficient (Wildman–Crippen LogP) is 4.80. The standard InChI is InChI=1S/C16H17S2/c1-17-12-14-10-6-7-11-15(14)16(18-2)13-8-4-3-5-9-13/h3-9,11,16H,12H2,1-2H3. The Labute approximate surface area is 118 Å². The first-order valence-corrected chi connectivity index (χ1v) is 8.61. The van der Waals surface area contributed by atoms with Gasteiger partial charge in [-0.25, -0.2) is 0 Å². The summed E-state index contributed by atoms with van der Waals surface area (Å²) < 4.78 is 0. The lowest BCUT2D eigenvalue weighted by molar-refractivity contribution is 1.12. The van der Waals surface area contributed by atoms with Gasteiger partial charge in [0.1, 0.15) is 0 Å². The molecule has 1 atom stereocenters. The van der Waals surface area contributed by atoms with Crippen molar-refractivity contribution in [2.75, 3.05) is 12.5 Å². The van der Waals surface area contributed by atoms with Gasteiger partial charge in [0.05, 0.1) is 5.25 Å². The molecule has 0 aliphatic rings. The van der Waals surface area contributed by atoms with Crippen molar-refractivity contribution in [1.82, 2.24) is 0 Å². The first kappa shape index (κ1) is 13.6. The average molecular weight is 273 g/mol.